The lowest BCUT2D eigenvalue weighted by Gasteiger charge is -2.19. The van der Waals surface area contributed by atoms with Gasteiger partial charge in [0.1, 0.15) is 0 Å². The van der Waals surface area contributed by atoms with Crippen LogP contribution in [0, 0.1) is 11.8 Å². The zero-order chi connectivity index (χ0) is 20.5. The summed E-state index contributed by atoms with van der Waals surface area (Å²) in [6.45, 7) is 9.26. The molecule has 1 amide bonds. The van der Waals surface area contributed by atoms with Crippen LogP contribution in [0.25, 0.3) is 0 Å². The van der Waals surface area contributed by atoms with Crippen molar-refractivity contribution in [2.75, 3.05) is 52.9 Å². The van der Waals surface area contributed by atoms with E-state index in [0.717, 1.165) is 38.6 Å². The molecule has 168 valence electrons. The lowest BCUT2D eigenvalue weighted by Crippen LogP contribution is -2.42. The highest BCUT2D eigenvalue weighted by Gasteiger charge is 2.29. The van der Waals surface area contributed by atoms with Crippen molar-refractivity contribution in [3.63, 3.8) is 0 Å². The van der Waals surface area contributed by atoms with Crippen molar-refractivity contribution >= 4 is 35.8 Å². The van der Waals surface area contributed by atoms with Crippen LogP contribution in [0.15, 0.2) is 35.3 Å². The molecule has 2 aliphatic rings. The van der Waals surface area contributed by atoms with Crippen LogP contribution in [0.5, 0.6) is 0 Å². The highest BCUT2D eigenvalue weighted by Crippen LogP contribution is 2.18. The van der Waals surface area contributed by atoms with Crippen molar-refractivity contribution in [1.29, 1.82) is 0 Å². The maximum atomic E-state index is 12.4. The van der Waals surface area contributed by atoms with Crippen LogP contribution in [0.3, 0.4) is 0 Å². The number of hydrogen-bond donors (Lipinski definition) is 2. The highest BCUT2D eigenvalue weighted by atomic mass is 127. The summed E-state index contributed by atoms with van der Waals surface area (Å²) in [5, 5.41) is 6.91. The van der Waals surface area contributed by atoms with E-state index in [2.05, 4.69) is 51.7 Å². The van der Waals surface area contributed by atoms with Crippen molar-refractivity contribution in [3.05, 3.63) is 35.9 Å². The molecule has 1 aromatic rings. The third-order valence-electron chi connectivity index (χ3n) is 6.06. The average Bonchev–Trinajstić information content (AvgIpc) is 3.33. The van der Waals surface area contributed by atoms with Crippen LogP contribution in [0.4, 0.5) is 0 Å². The van der Waals surface area contributed by atoms with Crippen LogP contribution in [-0.4, -0.2) is 74.5 Å². The SMILES string of the molecule is CCCN1CCC(CNC(=NC)NCC2CC(=O)N(CCc3ccccc3)C2)C1.I. The van der Waals surface area contributed by atoms with Gasteiger partial charge in [0.2, 0.25) is 5.91 Å². The molecule has 3 rings (SSSR count). The molecule has 1 aromatic carbocycles. The molecule has 6 nitrogen and oxygen atoms in total. The van der Waals surface area contributed by atoms with Gasteiger partial charge in [0.05, 0.1) is 0 Å². The molecule has 2 atom stereocenters. The summed E-state index contributed by atoms with van der Waals surface area (Å²) >= 11 is 0. The summed E-state index contributed by atoms with van der Waals surface area (Å²) in [6.07, 6.45) is 4.04. The fourth-order valence-corrected chi connectivity index (χ4v) is 4.42. The van der Waals surface area contributed by atoms with E-state index in [9.17, 15) is 4.79 Å². The monoisotopic (exact) mass is 527 g/mol. The predicted octanol–water partition coefficient (Wildman–Crippen LogP) is 2.59. The largest absolute Gasteiger partial charge is 0.356 e. The molecule has 2 fully saturated rings. The second-order valence-corrected chi connectivity index (χ2v) is 8.43. The number of amides is 1. The first-order chi connectivity index (χ1) is 14.2. The lowest BCUT2D eigenvalue weighted by molar-refractivity contribution is -0.127. The van der Waals surface area contributed by atoms with Crippen LogP contribution < -0.4 is 10.6 Å². The molecule has 0 bridgehead atoms. The fourth-order valence-electron chi connectivity index (χ4n) is 4.42. The number of nitrogens with zero attached hydrogens (tertiary/aromatic N) is 3. The van der Waals surface area contributed by atoms with Crippen molar-refractivity contribution in [1.82, 2.24) is 20.4 Å². The predicted molar refractivity (Wildman–Crippen MR) is 134 cm³/mol. The summed E-state index contributed by atoms with van der Waals surface area (Å²) in [6, 6.07) is 10.4. The molecular weight excluding hydrogens is 489 g/mol. The van der Waals surface area contributed by atoms with E-state index in [1.165, 1.54) is 38.0 Å². The number of benzene rings is 1. The molecule has 0 saturated carbocycles. The van der Waals surface area contributed by atoms with Crippen LogP contribution >= 0.6 is 24.0 Å². The van der Waals surface area contributed by atoms with E-state index in [1.807, 2.05) is 18.0 Å². The first-order valence-corrected chi connectivity index (χ1v) is 11.2. The normalized spacial score (nSPS) is 22.3. The van der Waals surface area contributed by atoms with Crippen LogP contribution in [0.2, 0.25) is 0 Å². The Labute approximate surface area is 198 Å². The molecule has 7 heteroatoms. The summed E-state index contributed by atoms with van der Waals surface area (Å²) in [5.74, 6) is 2.18. The summed E-state index contributed by atoms with van der Waals surface area (Å²) in [7, 11) is 1.82. The first kappa shape index (κ1) is 24.9. The van der Waals surface area contributed by atoms with E-state index in [-0.39, 0.29) is 29.9 Å². The average molecular weight is 527 g/mol. The summed E-state index contributed by atoms with van der Waals surface area (Å²) < 4.78 is 0. The van der Waals surface area contributed by atoms with E-state index in [1.54, 1.807) is 0 Å². The molecule has 2 N–H and O–H groups in total. The Balaban J connectivity index is 0.00000320. The van der Waals surface area contributed by atoms with Crippen molar-refractivity contribution in [3.8, 4) is 0 Å². The highest BCUT2D eigenvalue weighted by molar-refractivity contribution is 14.0. The number of carbonyl (C=O) groups excluding carboxylic acids is 1. The number of hydrogen-bond acceptors (Lipinski definition) is 3. The van der Waals surface area contributed by atoms with Gasteiger partial charge in [-0.05, 0) is 43.8 Å². The van der Waals surface area contributed by atoms with Gasteiger partial charge in [-0.3, -0.25) is 9.79 Å². The molecule has 2 unspecified atom stereocenters. The van der Waals surface area contributed by atoms with E-state index >= 15 is 0 Å². The Hall–Kier alpha value is -1.35. The zero-order valence-corrected chi connectivity index (χ0v) is 20.8. The molecule has 2 heterocycles. The van der Waals surface area contributed by atoms with Gasteiger partial charge in [-0.1, -0.05) is 37.3 Å². The van der Waals surface area contributed by atoms with Crippen molar-refractivity contribution in [2.24, 2.45) is 16.8 Å². The third-order valence-corrected chi connectivity index (χ3v) is 6.06. The molecule has 2 saturated heterocycles. The smallest absolute Gasteiger partial charge is 0.223 e. The van der Waals surface area contributed by atoms with Gasteiger partial charge in [-0.15, -0.1) is 24.0 Å². The minimum absolute atomic E-state index is 0. The van der Waals surface area contributed by atoms with E-state index in [4.69, 9.17) is 0 Å². The number of nitrogens with one attached hydrogen (secondary N) is 2. The Morgan fingerprint density at radius 2 is 1.83 bits per heavy atom. The van der Waals surface area contributed by atoms with Gasteiger partial charge in [-0.2, -0.15) is 0 Å². The molecule has 2 aliphatic heterocycles. The van der Waals surface area contributed by atoms with Gasteiger partial charge >= 0.3 is 0 Å². The van der Waals surface area contributed by atoms with E-state index in [0.29, 0.717) is 18.3 Å². The molecule has 0 aliphatic carbocycles. The maximum absolute atomic E-state index is 12.4. The molecule has 0 radical (unpaired) electrons. The van der Waals surface area contributed by atoms with Gasteiger partial charge in [-0.25, -0.2) is 0 Å². The van der Waals surface area contributed by atoms with Gasteiger partial charge in [0.25, 0.3) is 0 Å². The van der Waals surface area contributed by atoms with E-state index < -0.39 is 0 Å². The third kappa shape index (κ3) is 7.72. The number of carbonyl (C=O) groups is 1. The maximum Gasteiger partial charge on any atom is 0.223 e. The number of aliphatic imine (C=N–C) groups is 1. The van der Waals surface area contributed by atoms with Crippen molar-refractivity contribution < 1.29 is 4.79 Å². The van der Waals surface area contributed by atoms with Crippen LogP contribution in [-0.2, 0) is 11.2 Å². The fraction of sp³-hybridized carbons (Fsp3) is 0.652. The minimum Gasteiger partial charge on any atom is -0.356 e. The van der Waals surface area contributed by atoms with Gasteiger partial charge in [0.15, 0.2) is 5.96 Å². The van der Waals surface area contributed by atoms with Crippen LogP contribution in [0.1, 0.15) is 31.7 Å². The topological polar surface area (TPSA) is 60.0 Å². The summed E-state index contributed by atoms with van der Waals surface area (Å²) in [5.41, 5.74) is 1.29. The Morgan fingerprint density at radius 3 is 2.53 bits per heavy atom. The second-order valence-electron chi connectivity index (χ2n) is 8.43. The summed E-state index contributed by atoms with van der Waals surface area (Å²) in [4.78, 5) is 21.3. The molecule has 30 heavy (non-hydrogen) atoms. The van der Waals surface area contributed by atoms with Gasteiger partial charge in [0, 0.05) is 52.1 Å². The number of guanidine groups is 1. The van der Waals surface area contributed by atoms with Gasteiger partial charge < -0.3 is 20.4 Å². The molecule has 0 aromatic heterocycles. The lowest BCUT2D eigenvalue weighted by atomic mass is 10.1. The molecule has 0 spiro atoms. The quantitative estimate of drug-likeness (QED) is 0.295. The second kappa shape index (κ2) is 13.1. The Morgan fingerprint density at radius 1 is 1.10 bits per heavy atom. The zero-order valence-electron chi connectivity index (χ0n) is 18.5. The standard InChI is InChI=1S/C23H37N5O.HI/c1-3-11-27-12-9-20(17-27)15-25-23(24-2)26-16-21-14-22(29)28(18-21)13-10-19-7-5-4-6-8-19;/h4-8,20-21H,3,9-18H2,1-2H3,(H2,24,25,26);1H. The minimum atomic E-state index is 0. The number of rotatable bonds is 9. The number of halogens is 1. The number of likely N-dealkylation sites (tertiary alicyclic amines) is 2. The Bertz CT molecular complexity index is 669. The van der Waals surface area contributed by atoms with Crippen molar-refractivity contribution in [2.45, 2.75) is 32.6 Å². The Kier molecular flexibility index (Phi) is 10.9. The first-order valence-electron chi connectivity index (χ1n) is 11.2. The molecular formula is C23H38IN5O.